The van der Waals surface area contributed by atoms with Crippen LogP contribution < -0.4 is 14.4 Å². The average Bonchev–Trinajstić information content (AvgIpc) is 2.67. The van der Waals surface area contributed by atoms with Crippen LogP contribution in [0.5, 0.6) is 5.75 Å². The molecule has 7 heteroatoms. The molecule has 6 nitrogen and oxygen atoms in total. The van der Waals surface area contributed by atoms with E-state index in [0.29, 0.717) is 17.4 Å². The second kappa shape index (κ2) is 9.78. The fourth-order valence-electron chi connectivity index (χ4n) is 3.28. The molecular weight excluding hydrogens is 388 g/mol. The van der Waals surface area contributed by atoms with E-state index < -0.39 is 16.1 Å². The largest absolute Gasteiger partial charge is 0.497 e. The van der Waals surface area contributed by atoms with Crippen molar-refractivity contribution in [2.45, 2.75) is 39.3 Å². The van der Waals surface area contributed by atoms with E-state index in [1.807, 2.05) is 30.3 Å². The van der Waals surface area contributed by atoms with Gasteiger partial charge in [0.25, 0.3) is 0 Å². The molecule has 1 N–H and O–H groups in total. The third-order valence-electron chi connectivity index (χ3n) is 4.62. The van der Waals surface area contributed by atoms with Crippen molar-refractivity contribution in [2.75, 3.05) is 17.7 Å². The van der Waals surface area contributed by atoms with Gasteiger partial charge < -0.3 is 10.1 Å². The summed E-state index contributed by atoms with van der Waals surface area (Å²) in [4.78, 5) is 13.1. The Morgan fingerprint density at radius 3 is 2.28 bits per heavy atom. The first-order chi connectivity index (χ1) is 13.6. The van der Waals surface area contributed by atoms with Crippen LogP contribution in [0.1, 0.15) is 38.8 Å². The number of sulfonamides is 1. The number of amides is 1. The van der Waals surface area contributed by atoms with Crippen molar-refractivity contribution in [2.24, 2.45) is 5.92 Å². The molecule has 0 unspecified atom stereocenters. The number of nitrogens with one attached hydrogen (secondary N) is 1. The molecular formula is C22H30N2O4S. The zero-order valence-corrected chi connectivity index (χ0v) is 18.4. The molecule has 0 aliphatic rings. The predicted octanol–water partition coefficient (Wildman–Crippen LogP) is 3.75. The van der Waals surface area contributed by atoms with Crippen LogP contribution in [0.2, 0.25) is 0 Å². The van der Waals surface area contributed by atoms with E-state index in [9.17, 15) is 13.2 Å². The summed E-state index contributed by atoms with van der Waals surface area (Å²) in [7, 11) is -2.18. The Labute approximate surface area is 173 Å². The first kappa shape index (κ1) is 22.7. The maximum Gasteiger partial charge on any atom is 0.244 e. The van der Waals surface area contributed by atoms with Gasteiger partial charge in [-0.05, 0) is 37.0 Å². The number of benzene rings is 2. The molecule has 0 bridgehead atoms. The maximum absolute atomic E-state index is 13.1. The first-order valence-corrected chi connectivity index (χ1v) is 11.5. The van der Waals surface area contributed by atoms with Crippen LogP contribution in [0.4, 0.5) is 5.69 Å². The third kappa shape index (κ3) is 6.22. The van der Waals surface area contributed by atoms with E-state index >= 15 is 0 Å². The Balaban J connectivity index is 2.32. The minimum Gasteiger partial charge on any atom is -0.497 e. The quantitative estimate of drug-likeness (QED) is 0.673. The van der Waals surface area contributed by atoms with Gasteiger partial charge in [-0.15, -0.1) is 0 Å². The number of anilines is 1. The monoisotopic (exact) mass is 418 g/mol. The zero-order chi connectivity index (χ0) is 21.6. The standard InChI is InChI=1S/C22H30N2O4S/c1-16(2)14-21(18-10-7-6-8-11-18)23-22(25)17(3)24(29(5,26)27)19-12-9-13-20(15-19)28-4/h6-13,15-17,21H,14H2,1-5H3,(H,23,25)/t17-,21+/m1/s1. The Bertz CT molecular complexity index is 913. The van der Waals surface area contributed by atoms with Crippen LogP contribution in [-0.2, 0) is 14.8 Å². The Morgan fingerprint density at radius 2 is 1.72 bits per heavy atom. The highest BCUT2D eigenvalue weighted by Gasteiger charge is 2.31. The highest BCUT2D eigenvalue weighted by Crippen LogP contribution is 2.26. The van der Waals surface area contributed by atoms with Gasteiger partial charge in [0.1, 0.15) is 11.8 Å². The number of hydrogen-bond acceptors (Lipinski definition) is 4. The molecule has 0 heterocycles. The number of hydrogen-bond donors (Lipinski definition) is 1. The molecule has 2 atom stereocenters. The summed E-state index contributed by atoms with van der Waals surface area (Å²) in [6, 6.07) is 15.3. The molecule has 2 aromatic carbocycles. The molecule has 2 rings (SSSR count). The second-order valence-corrected chi connectivity index (χ2v) is 9.40. The molecule has 0 aliphatic carbocycles. The molecule has 0 saturated carbocycles. The minimum absolute atomic E-state index is 0.196. The molecule has 29 heavy (non-hydrogen) atoms. The second-order valence-electron chi connectivity index (χ2n) is 7.54. The van der Waals surface area contributed by atoms with Gasteiger partial charge in [-0.25, -0.2) is 8.42 Å². The summed E-state index contributed by atoms with van der Waals surface area (Å²) in [5.74, 6) is 0.527. The van der Waals surface area contributed by atoms with Crippen molar-refractivity contribution in [1.82, 2.24) is 5.32 Å². The third-order valence-corrected chi connectivity index (χ3v) is 5.86. The van der Waals surface area contributed by atoms with Gasteiger partial charge in [0, 0.05) is 6.07 Å². The molecule has 2 aromatic rings. The zero-order valence-electron chi connectivity index (χ0n) is 17.6. The smallest absolute Gasteiger partial charge is 0.244 e. The van der Waals surface area contributed by atoms with Crippen LogP contribution >= 0.6 is 0 Å². The topological polar surface area (TPSA) is 75.7 Å². The summed E-state index contributed by atoms with van der Waals surface area (Å²) in [6.07, 6.45) is 1.85. The van der Waals surface area contributed by atoms with Gasteiger partial charge in [-0.2, -0.15) is 0 Å². The van der Waals surface area contributed by atoms with E-state index in [-0.39, 0.29) is 11.9 Å². The molecule has 158 valence electrons. The van der Waals surface area contributed by atoms with Gasteiger partial charge in [0.2, 0.25) is 15.9 Å². The summed E-state index contributed by atoms with van der Waals surface area (Å²) >= 11 is 0. The number of ether oxygens (including phenoxy) is 1. The molecule has 0 aromatic heterocycles. The Morgan fingerprint density at radius 1 is 1.07 bits per heavy atom. The Kier molecular flexibility index (Phi) is 7.67. The molecule has 1 amide bonds. The lowest BCUT2D eigenvalue weighted by molar-refractivity contribution is -0.122. The molecule has 0 aliphatic heterocycles. The SMILES string of the molecule is COc1cccc(N([C@H](C)C(=O)N[C@@H](CC(C)C)c2ccccc2)S(C)(=O)=O)c1. The highest BCUT2D eigenvalue weighted by molar-refractivity contribution is 7.92. The number of rotatable bonds is 9. The number of methoxy groups -OCH3 is 1. The van der Waals surface area contributed by atoms with Crippen LogP contribution in [0.3, 0.4) is 0 Å². The molecule has 0 spiro atoms. The maximum atomic E-state index is 13.1. The van der Waals surface area contributed by atoms with E-state index in [4.69, 9.17) is 4.74 Å². The van der Waals surface area contributed by atoms with Crippen molar-refractivity contribution in [3.63, 3.8) is 0 Å². The van der Waals surface area contributed by atoms with Crippen molar-refractivity contribution in [1.29, 1.82) is 0 Å². The molecule has 0 saturated heterocycles. The van der Waals surface area contributed by atoms with E-state index in [1.165, 1.54) is 7.11 Å². The summed E-state index contributed by atoms with van der Waals surface area (Å²) in [5, 5.41) is 3.04. The number of nitrogens with zero attached hydrogens (tertiary/aromatic N) is 1. The number of carbonyl (C=O) groups excluding carboxylic acids is 1. The van der Waals surface area contributed by atoms with Gasteiger partial charge >= 0.3 is 0 Å². The van der Waals surface area contributed by atoms with E-state index in [0.717, 1.165) is 22.5 Å². The van der Waals surface area contributed by atoms with Crippen molar-refractivity contribution in [3.8, 4) is 5.75 Å². The lowest BCUT2D eigenvalue weighted by Crippen LogP contribution is -2.48. The molecule has 0 fully saturated rings. The van der Waals surface area contributed by atoms with E-state index in [2.05, 4.69) is 19.2 Å². The van der Waals surface area contributed by atoms with Crippen LogP contribution in [0.25, 0.3) is 0 Å². The van der Waals surface area contributed by atoms with Crippen LogP contribution in [0, 0.1) is 5.92 Å². The lowest BCUT2D eigenvalue weighted by atomic mass is 9.96. The van der Waals surface area contributed by atoms with Crippen LogP contribution in [-0.4, -0.2) is 33.7 Å². The van der Waals surface area contributed by atoms with Crippen molar-refractivity contribution < 1.29 is 17.9 Å². The summed E-state index contributed by atoms with van der Waals surface area (Å²) in [5.41, 5.74) is 1.38. The Hall–Kier alpha value is -2.54. The molecule has 0 radical (unpaired) electrons. The van der Waals surface area contributed by atoms with Crippen LogP contribution in [0.15, 0.2) is 54.6 Å². The fourth-order valence-corrected chi connectivity index (χ4v) is 4.45. The lowest BCUT2D eigenvalue weighted by Gasteiger charge is -2.30. The van der Waals surface area contributed by atoms with Gasteiger partial charge in [-0.3, -0.25) is 9.10 Å². The van der Waals surface area contributed by atoms with Gasteiger partial charge in [0.05, 0.1) is 25.1 Å². The van der Waals surface area contributed by atoms with E-state index in [1.54, 1.807) is 31.2 Å². The van der Waals surface area contributed by atoms with Crippen molar-refractivity contribution in [3.05, 3.63) is 60.2 Å². The highest BCUT2D eigenvalue weighted by atomic mass is 32.2. The predicted molar refractivity (Wildman–Crippen MR) is 117 cm³/mol. The normalized spacial score (nSPS) is 13.6. The van der Waals surface area contributed by atoms with Gasteiger partial charge in [0.15, 0.2) is 0 Å². The summed E-state index contributed by atoms with van der Waals surface area (Å²) in [6.45, 7) is 5.77. The van der Waals surface area contributed by atoms with Gasteiger partial charge in [-0.1, -0.05) is 50.2 Å². The number of carbonyl (C=O) groups is 1. The fraction of sp³-hybridized carbons (Fsp3) is 0.409. The first-order valence-electron chi connectivity index (χ1n) is 9.62. The minimum atomic E-state index is -3.69. The van der Waals surface area contributed by atoms with Crippen molar-refractivity contribution >= 4 is 21.6 Å². The average molecular weight is 419 g/mol. The summed E-state index contributed by atoms with van der Waals surface area (Å²) < 4.78 is 31.4.